The van der Waals surface area contributed by atoms with Gasteiger partial charge in [-0.3, -0.25) is 0 Å². The molecule has 0 heterocycles. The Morgan fingerprint density at radius 3 is 2.88 bits per heavy atom. The van der Waals surface area contributed by atoms with Gasteiger partial charge >= 0.3 is 0 Å². The summed E-state index contributed by atoms with van der Waals surface area (Å²) in [7, 11) is 0. The maximum Gasteiger partial charge on any atom is 0.115 e. The van der Waals surface area contributed by atoms with Gasteiger partial charge in [0.05, 0.1) is 0 Å². The lowest BCUT2D eigenvalue weighted by Gasteiger charge is -2.21. The highest BCUT2D eigenvalue weighted by Gasteiger charge is 2.19. The molecule has 78 valence electrons. The molecule has 1 unspecified atom stereocenters. The van der Waals surface area contributed by atoms with Crippen molar-refractivity contribution in [1.29, 1.82) is 0 Å². The Labute approximate surface area is 94.7 Å². The molecule has 0 saturated heterocycles. The third kappa shape index (κ3) is 1.41. The first-order valence-electron chi connectivity index (χ1n) is 5.41. The van der Waals surface area contributed by atoms with E-state index in [1.54, 1.807) is 6.08 Å². The molecule has 0 aromatic heterocycles. The maximum atomic E-state index is 9.58. The van der Waals surface area contributed by atoms with Gasteiger partial charge in [0.25, 0.3) is 0 Å². The van der Waals surface area contributed by atoms with Crippen molar-refractivity contribution in [1.82, 2.24) is 0 Å². The average Bonchev–Trinajstić information content (AvgIpc) is 2.50. The molecule has 0 amide bonds. The summed E-state index contributed by atoms with van der Waals surface area (Å²) in [5.74, 6) is 0.583. The molecule has 0 saturated carbocycles. The van der Waals surface area contributed by atoms with Gasteiger partial charge in [-0.2, -0.15) is 0 Å². The van der Waals surface area contributed by atoms with Crippen molar-refractivity contribution >= 4 is 6.08 Å². The molecule has 2 aliphatic carbocycles. The molecule has 0 aliphatic heterocycles. The van der Waals surface area contributed by atoms with Gasteiger partial charge in [0, 0.05) is 5.92 Å². The predicted molar refractivity (Wildman–Crippen MR) is 66.2 cm³/mol. The lowest BCUT2D eigenvalue weighted by molar-refractivity contribution is 0.432. The molecule has 16 heavy (non-hydrogen) atoms. The Morgan fingerprint density at radius 1 is 1.06 bits per heavy atom. The maximum absolute atomic E-state index is 9.58. The van der Waals surface area contributed by atoms with E-state index in [1.807, 2.05) is 18.2 Å². The number of aliphatic hydroxyl groups is 1. The molecule has 1 heteroatoms. The number of allylic oxidation sites excluding steroid dienone is 6. The number of benzene rings is 1. The fourth-order valence-corrected chi connectivity index (χ4v) is 2.25. The van der Waals surface area contributed by atoms with E-state index in [9.17, 15) is 5.11 Å². The first-order chi connectivity index (χ1) is 7.84. The third-order valence-corrected chi connectivity index (χ3v) is 3.03. The van der Waals surface area contributed by atoms with Gasteiger partial charge in [-0.1, -0.05) is 48.6 Å². The van der Waals surface area contributed by atoms with Crippen LogP contribution in [0, 0.1) is 0 Å². The zero-order valence-electron chi connectivity index (χ0n) is 8.80. The van der Waals surface area contributed by atoms with Crippen molar-refractivity contribution in [2.24, 2.45) is 0 Å². The summed E-state index contributed by atoms with van der Waals surface area (Å²) in [6.07, 6.45) is 11.8. The van der Waals surface area contributed by atoms with E-state index in [0.717, 1.165) is 5.57 Å². The van der Waals surface area contributed by atoms with Crippen LogP contribution in [0.4, 0.5) is 0 Å². The minimum absolute atomic E-state index is 0.266. The van der Waals surface area contributed by atoms with Crippen molar-refractivity contribution in [3.05, 3.63) is 77.1 Å². The van der Waals surface area contributed by atoms with Crippen LogP contribution in [0.5, 0.6) is 0 Å². The highest BCUT2D eigenvalue weighted by atomic mass is 16.3. The van der Waals surface area contributed by atoms with E-state index < -0.39 is 0 Å². The fourth-order valence-electron chi connectivity index (χ4n) is 2.25. The van der Waals surface area contributed by atoms with Gasteiger partial charge in [-0.25, -0.2) is 0 Å². The number of hydrogen-bond acceptors (Lipinski definition) is 1. The van der Waals surface area contributed by atoms with Crippen molar-refractivity contribution < 1.29 is 5.11 Å². The Hall–Kier alpha value is -2.02. The smallest absolute Gasteiger partial charge is 0.115 e. The van der Waals surface area contributed by atoms with Crippen LogP contribution in [0.25, 0.3) is 6.08 Å². The summed E-state index contributed by atoms with van der Waals surface area (Å²) in [4.78, 5) is 0. The lowest BCUT2D eigenvalue weighted by Crippen LogP contribution is -2.04. The number of aliphatic hydroxyl groups excluding tert-OH is 1. The monoisotopic (exact) mass is 208 g/mol. The molecule has 1 nitrogen and oxygen atoms in total. The van der Waals surface area contributed by atoms with Gasteiger partial charge in [0.2, 0.25) is 0 Å². The zero-order chi connectivity index (χ0) is 11.0. The molecule has 1 atom stereocenters. The third-order valence-electron chi connectivity index (χ3n) is 3.03. The molecule has 1 aromatic carbocycles. The minimum atomic E-state index is 0.266. The topological polar surface area (TPSA) is 20.2 Å². The minimum Gasteiger partial charge on any atom is -0.508 e. The second kappa shape index (κ2) is 3.53. The second-order valence-electron chi connectivity index (χ2n) is 4.06. The number of fused-ring (bicyclic) bond motifs is 3. The predicted octanol–water partition coefficient (Wildman–Crippen LogP) is 3.74. The summed E-state index contributed by atoms with van der Waals surface area (Å²) in [5.41, 5.74) is 3.70. The van der Waals surface area contributed by atoms with Crippen LogP contribution in [-0.2, 0) is 0 Å². The summed E-state index contributed by atoms with van der Waals surface area (Å²) < 4.78 is 0. The molecular weight excluding hydrogens is 196 g/mol. The summed E-state index contributed by atoms with van der Waals surface area (Å²) in [5, 5.41) is 9.58. The summed E-state index contributed by atoms with van der Waals surface area (Å²) in [6.45, 7) is 0. The first kappa shape index (κ1) is 9.22. The molecular formula is C15H12O. The molecule has 2 aliphatic rings. The van der Waals surface area contributed by atoms with Gasteiger partial charge < -0.3 is 5.11 Å². The van der Waals surface area contributed by atoms with E-state index in [0.29, 0.717) is 5.76 Å². The van der Waals surface area contributed by atoms with Crippen LogP contribution in [0.2, 0.25) is 0 Å². The number of rotatable bonds is 0. The molecule has 0 spiro atoms. The fraction of sp³-hybridized carbons (Fsp3) is 0.0667. The van der Waals surface area contributed by atoms with E-state index in [4.69, 9.17) is 0 Å². The van der Waals surface area contributed by atoms with Crippen molar-refractivity contribution in [2.45, 2.75) is 5.92 Å². The largest absolute Gasteiger partial charge is 0.508 e. The Bertz CT molecular complexity index is 544. The highest BCUT2D eigenvalue weighted by molar-refractivity contribution is 5.66. The summed E-state index contributed by atoms with van der Waals surface area (Å²) in [6, 6.07) is 8.37. The SMILES string of the molecule is OC1=CC=CC2C(=C1)C=Cc1ccccc12. The van der Waals surface area contributed by atoms with E-state index >= 15 is 0 Å². The van der Waals surface area contributed by atoms with Crippen LogP contribution < -0.4 is 0 Å². The van der Waals surface area contributed by atoms with E-state index in [-0.39, 0.29) is 5.92 Å². The average molecular weight is 208 g/mol. The Kier molecular flexibility index (Phi) is 2.03. The second-order valence-corrected chi connectivity index (χ2v) is 4.06. The van der Waals surface area contributed by atoms with E-state index in [1.165, 1.54) is 11.1 Å². The molecule has 0 fully saturated rings. The van der Waals surface area contributed by atoms with Crippen LogP contribution in [-0.4, -0.2) is 5.11 Å². The van der Waals surface area contributed by atoms with Crippen LogP contribution >= 0.6 is 0 Å². The standard InChI is InChI=1S/C15H12O/c16-13-5-3-7-15-12(10-13)9-8-11-4-1-2-6-14(11)15/h1-10,15-16H. The zero-order valence-corrected chi connectivity index (χ0v) is 8.80. The highest BCUT2D eigenvalue weighted by Crippen LogP contribution is 2.36. The van der Waals surface area contributed by atoms with Gasteiger partial charge in [-0.15, -0.1) is 0 Å². The molecule has 0 radical (unpaired) electrons. The van der Waals surface area contributed by atoms with Gasteiger partial charge in [0.1, 0.15) is 5.76 Å². The lowest BCUT2D eigenvalue weighted by atomic mass is 9.83. The van der Waals surface area contributed by atoms with Gasteiger partial charge in [-0.05, 0) is 28.9 Å². The van der Waals surface area contributed by atoms with Crippen LogP contribution in [0.3, 0.4) is 0 Å². The Balaban J connectivity index is 2.18. The van der Waals surface area contributed by atoms with Crippen molar-refractivity contribution in [3.63, 3.8) is 0 Å². The Morgan fingerprint density at radius 2 is 1.94 bits per heavy atom. The molecule has 1 aromatic rings. The first-order valence-corrected chi connectivity index (χ1v) is 5.41. The molecule has 3 rings (SSSR count). The summed E-state index contributed by atoms with van der Waals surface area (Å²) >= 11 is 0. The quantitative estimate of drug-likeness (QED) is 0.688. The van der Waals surface area contributed by atoms with E-state index in [2.05, 4.69) is 36.4 Å². The van der Waals surface area contributed by atoms with Crippen molar-refractivity contribution in [3.8, 4) is 0 Å². The normalized spacial score (nSPS) is 21.6. The van der Waals surface area contributed by atoms with Crippen LogP contribution in [0.15, 0.2) is 66.0 Å². The van der Waals surface area contributed by atoms with Crippen LogP contribution in [0.1, 0.15) is 17.0 Å². The van der Waals surface area contributed by atoms with Crippen molar-refractivity contribution in [2.75, 3.05) is 0 Å². The molecule has 1 N–H and O–H groups in total. The van der Waals surface area contributed by atoms with Gasteiger partial charge in [0.15, 0.2) is 0 Å². The molecule has 0 bridgehead atoms. The number of hydrogen-bond donors (Lipinski definition) is 1.